The van der Waals surface area contributed by atoms with Crippen molar-refractivity contribution in [1.29, 1.82) is 0 Å². The second-order valence-electron chi connectivity index (χ2n) is 7.62. The molecule has 22 heavy (non-hydrogen) atoms. The van der Waals surface area contributed by atoms with Crippen LogP contribution in [0.5, 0.6) is 0 Å². The molecule has 0 saturated heterocycles. The quantitative estimate of drug-likeness (QED) is 0.634. The Morgan fingerprint density at radius 1 is 0.773 bits per heavy atom. The second kappa shape index (κ2) is 4.72. The standard InChI is InChI=1S/C22H24/c1-2-8-16(9-3-1)22-15-7-14-21(22)19-12-6-11-17(19)18-10-4-5-13-20(18)22/h1-5,8-10,13,17,19,21H,6-7,11-12,14-15H2/t17-,19-,21+,22+/m0/s1. The van der Waals surface area contributed by atoms with E-state index < -0.39 is 0 Å². The topological polar surface area (TPSA) is 0 Å². The van der Waals surface area contributed by atoms with Crippen molar-refractivity contribution in [3.63, 3.8) is 0 Å². The third-order valence-electron chi connectivity index (χ3n) is 6.94. The number of benzene rings is 2. The van der Waals surface area contributed by atoms with Gasteiger partial charge in [-0.05, 0) is 60.1 Å². The van der Waals surface area contributed by atoms with Gasteiger partial charge in [0, 0.05) is 5.41 Å². The van der Waals surface area contributed by atoms with Crippen LogP contribution in [-0.2, 0) is 5.41 Å². The van der Waals surface area contributed by atoms with Crippen LogP contribution in [0.4, 0.5) is 0 Å². The Morgan fingerprint density at radius 2 is 1.59 bits per heavy atom. The molecule has 0 amide bonds. The van der Waals surface area contributed by atoms with Crippen molar-refractivity contribution in [2.24, 2.45) is 11.8 Å². The Labute approximate surface area is 133 Å². The fourth-order valence-electron chi connectivity index (χ4n) is 6.28. The average Bonchev–Trinajstić information content (AvgIpc) is 3.23. The van der Waals surface area contributed by atoms with Crippen LogP contribution >= 0.6 is 0 Å². The zero-order chi connectivity index (χ0) is 14.6. The first-order valence-electron chi connectivity index (χ1n) is 9.06. The lowest BCUT2D eigenvalue weighted by Crippen LogP contribution is -2.42. The Kier molecular flexibility index (Phi) is 2.77. The molecule has 0 aromatic heterocycles. The van der Waals surface area contributed by atoms with Gasteiger partial charge in [-0.1, -0.05) is 67.4 Å². The van der Waals surface area contributed by atoms with E-state index >= 15 is 0 Å². The van der Waals surface area contributed by atoms with Gasteiger partial charge in [0.25, 0.3) is 0 Å². The molecule has 0 nitrogen and oxygen atoms in total. The second-order valence-corrected chi connectivity index (χ2v) is 7.62. The van der Waals surface area contributed by atoms with Gasteiger partial charge in [0.05, 0.1) is 0 Å². The highest BCUT2D eigenvalue weighted by atomic mass is 14.6. The largest absolute Gasteiger partial charge is 0.0622 e. The van der Waals surface area contributed by atoms with Crippen molar-refractivity contribution in [2.45, 2.75) is 49.9 Å². The molecule has 2 saturated carbocycles. The van der Waals surface area contributed by atoms with Gasteiger partial charge in [0.2, 0.25) is 0 Å². The third kappa shape index (κ3) is 1.54. The summed E-state index contributed by atoms with van der Waals surface area (Å²) in [6.45, 7) is 0. The molecule has 0 aliphatic heterocycles. The van der Waals surface area contributed by atoms with Crippen molar-refractivity contribution >= 4 is 0 Å². The summed E-state index contributed by atoms with van der Waals surface area (Å²) in [5, 5.41) is 0. The van der Waals surface area contributed by atoms with Gasteiger partial charge in [-0.3, -0.25) is 0 Å². The summed E-state index contributed by atoms with van der Waals surface area (Å²) in [6, 6.07) is 20.9. The molecule has 3 aliphatic carbocycles. The summed E-state index contributed by atoms with van der Waals surface area (Å²) in [7, 11) is 0. The molecule has 0 radical (unpaired) electrons. The molecule has 0 spiro atoms. The molecule has 0 heteroatoms. The van der Waals surface area contributed by atoms with Gasteiger partial charge in [0.1, 0.15) is 0 Å². The van der Waals surface area contributed by atoms with Gasteiger partial charge < -0.3 is 0 Å². The van der Waals surface area contributed by atoms with Crippen LogP contribution in [0, 0.1) is 11.8 Å². The SMILES string of the molecule is c1ccc([C@@]23CCC[C@@H]2[C@H]2CCC[C@H]2c2ccccc23)cc1. The Balaban J connectivity index is 1.80. The maximum atomic E-state index is 2.45. The first-order valence-corrected chi connectivity index (χ1v) is 9.06. The number of hydrogen-bond acceptors (Lipinski definition) is 0. The molecule has 112 valence electrons. The highest BCUT2D eigenvalue weighted by molar-refractivity contribution is 5.50. The predicted octanol–water partition coefficient (Wildman–Crippen LogP) is 5.67. The van der Waals surface area contributed by atoms with Gasteiger partial charge in [0.15, 0.2) is 0 Å². The van der Waals surface area contributed by atoms with E-state index in [2.05, 4.69) is 54.6 Å². The Morgan fingerprint density at radius 3 is 2.50 bits per heavy atom. The van der Waals surface area contributed by atoms with Crippen LogP contribution in [0.1, 0.15) is 61.1 Å². The molecule has 0 bridgehead atoms. The van der Waals surface area contributed by atoms with Crippen molar-refractivity contribution in [1.82, 2.24) is 0 Å². The highest BCUT2D eigenvalue weighted by Crippen LogP contribution is 2.63. The Hall–Kier alpha value is -1.56. The van der Waals surface area contributed by atoms with Gasteiger partial charge in [-0.2, -0.15) is 0 Å². The van der Waals surface area contributed by atoms with Crippen LogP contribution in [0.15, 0.2) is 54.6 Å². The third-order valence-corrected chi connectivity index (χ3v) is 6.94. The minimum Gasteiger partial charge on any atom is -0.0622 e. The molecular formula is C22H24. The lowest BCUT2D eigenvalue weighted by atomic mass is 9.55. The van der Waals surface area contributed by atoms with Crippen molar-refractivity contribution in [2.75, 3.05) is 0 Å². The summed E-state index contributed by atoms with van der Waals surface area (Å²) in [5.74, 6) is 2.64. The molecule has 2 aromatic rings. The number of hydrogen-bond donors (Lipinski definition) is 0. The Bertz CT molecular complexity index is 686. The zero-order valence-corrected chi connectivity index (χ0v) is 13.2. The highest BCUT2D eigenvalue weighted by Gasteiger charge is 2.55. The molecule has 3 aliphatic rings. The maximum absolute atomic E-state index is 2.45. The molecule has 2 fully saturated rings. The van der Waals surface area contributed by atoms with Crippen molar-refractivity contribution in [3.05, 3.63) is 71.3 Å². The summed E-state index contributed by atoms with van der Waals surface area (Å²) < 4.78 is 0. The molecule has 4 atom stereocenters. The average molecular weight is 288 g/mol. The lowest BCUT2D eigenvalue weighted by Gasteiger charge is -2.48. The first kappa shape index (κ1) is 12.9. The number of fused-ring (bicyclic) bond motifs is 6. The summed E-state index contributed by atoms with van der Waals surface area (Å²) >= 11 is 0. The van der Waals surface area contributed by atoms with E-state index in [0.717, 1.165) is 17.8 Å². The predicted molar refractivity (Wildman–Crippen MR) is 91.1 cm³/mol. The van der Waals surface area contributed by atoms with Gasteiger partial charge in [-0.25, -0.2) is 0 Å². The zero-order valence-electron chi connectivity index (χ0n) is 13.2. The lowest BCUT2D eigenvalue weighted by molar-refractivity contribution is 0.211. The van der Waals surface area contributed by atoms with E-state index in [1.165, 1.54) is 38.5 Å². The molecule has 0 heterocycles. The van der Waals surface area contributed by atoms with E-state index in [1.807, 2.05) is 0 Å². The fraction of sp³-hybridized carbons (Fsp3) is 0.455. The first-order chi connectivity index (χ1) is 10.9. The van der Waals surface area contributed by atoms with E-state index in [4.69, 9.17) is 0 Å². The van der Waals surface area contributed by atoms with Gasteiger partial charge >= 0.3 is 0 Å². The van der Waals surface area contributed by atoms with Crippen LogP contribution < -0.4 is 0 Å². The normalized spacial score (nSPS) is 35.7. The van der Waals surface area contributed by atoms with Crippen LogP contribution in [0.2, 0.25) is 0 Å². The summed E-state index contributed by atoms with van der Waals surface area (Å²) in [5.41, 5.74) is 5.25. The number of rotatable bonds is 1. The van der Waals surface area contributed by atoms with E-state index in [-0.39, 0.29) is 0 Å². The van der Waals surface area contributed by atoms with Crippen LogP contribution in [0.25, 0.3) is 0 Å². The maximum Gasteiger partial charge on any atom is 0.0236 e. The molecular weight excluding hydrogens is 264 g/mol. The molecule has 5 rings (SSSR count). The van der Waals surface area contributed by atoms with Crippen molar-refractivity contribution in [3.8, 4) is 0 Å². The molecule has 0 unspecified atom stereocenters. The molecule has 0 N–H and O–H groups in total. The van der Waals surface area contributed by atoms with Crippen LogP contribution in [0.3, 0.4) is 0 Å². The van der Waals surface area contributed by atoms with Crippen LogP contribution in [-0.4, -0.2) is 0 Å². The van der Waals surface area contributed by atoms with E-state index in [0.29, 0.717) is 5.41 Å². The van der Waals surface area contributed by atoms with Crippen molar-refractivity contribution < 1.29 is 0 Å². The van der Waals surface area contributed by atoms with E-state index in [9.17, 15) is 0 Å². The minimum atomic E-state index is 0.309. The van der Waals surface area contributed by atoms with Gasteiger partial charge in [-0.15, -0.1) is 0 Å². The summed E-state index contributed by atoms with van der Waals surface area (Å²) in [6.07, 6.45) is 8.50. The minimum absolute atomic E-state index is 0.309. The molecule has 2 aromatic carbocycles. The monoisotopic (exact) mass is 288 g/mol. The summed E-state index contributed by atoms with van der Waals surface area (Å²) in [4.78, 5) is 0. The fourth-order valence-corrected chi connectivity index (χ4v) is 6.28. The smallest absolute Gasteiger partial charge is 0.0236 e. The van der Waals surface area contributed by atoms with E-state index in [1.54, 1.807) is 16.7 Å².